The van der Waals surface area contributed by atoms with Crippen molar-refractivity contribution in [3.8, 4) is 17.6 Å². The Hall–Kier alpha value is -1.58. The van der Waals surface area contributed by atoms with E-state index in [-0.39, 0.29) is 30.3 Å². The lowest BCUT2D eigenvalue weighted by molar-refractivity contribution is 0.339. The molecule has 0 aliphatic heterocycles. The number of rotatable bonds is 5. The maximum Gasteiger partial charge on any atom is 0.153 e. The molecule has 1 rings (SSSR count). The lowest BCUT2D eigenvalue weighted by Crippen LogP contribution is -2.15. The second-order valence-electron chi connectivity index (χ2n) is 3.69. The highest BCUT2D eigenvalue weighted by Crippen LogP contribution is 2.18. The number of halogens is 1. The second-order valence-corrected chi connectivity index (χ2v) is 6.16. The average Bonchev–Trinajstić information content (AvgIpc) is 2.38. The summed E-state index contributed by atoms with van der Waals surface area (Å²) >= 11 is 0. The molecule has 4 nitrogen and oxygen atoms in total. The van der Waals surface area contributed by atoms with E-state index in [0.29, 0.717) is 5.75 Å². The molecule has 0 saturated carbocycles. The summed E-state index contributed by atoms with van der Waals surface area (Å²) in [7, 11) is -3.10. The van der Waals surface area contributed by atoms with Gasteiger partial charge in [0.25, 0.3) is 0 Å². The predicted molar refractivity (Wildman–Crippen MR) is 70.2 cm³/mol. The van der Waals surface area contributed by atoms with Gasteiger partial charge in [-0.3, -0.25) is 0 Å². The number of hydrogen-bond donors (Lipinski definition) is 1. The Morgan fingerprint density at radius 1 is 1.42 bits per heavy atom. The Kier molecular flexibility index (Phi) is 5.80. The number of hydrogen-bond acceptors (Lipinski definition) is 4. The summed E-state index contributed by atoms with van der Waals surface area (Å²) < 4.78 is 41.0. The Morgan fingerprint density at radius 3 is 2.79 bits per heavy atom. The van der Waals surface area contributed by atoms with Crippen LogP contribution in [0.1, 0.15) is 12.5 Å². The molecule has 0 atom stereocenters. The van der Waals surface area contributed by atoms with Crippen LogP contribution in [0, 0.1) is 17.7 Å². The van der Waals surface area contributed by atoms with Crippen molar-refractivity contribution >= 4 is 9.84 Å². The first-order chi connectivity index (χ1) is 8.98. The first kappa shape index (κ1) is 15.5. The van der Waals surface area contributed by atoms with Crippen molar-refractivity contribution in [1.82, 2.24) is 0 Å². The third kappa shape index (κ3) is 5.28. The fourth-order valence-corrected chi connectivity index (χ4v) is 1.91. The molecule has 0 heterocycles. The van der Waals surface area contributed by atoms with E-state index in [4.69, 9.17) is 9.84 Å². The zero-order chi connectivity index (χ0) is 14.3. The van der Waals surface area contributed by atoms with Crippen molar-refractivity contribution in [2.45, 2.75) is 6.92 Å². The van der Waals surface area contributed by atoms with E-state index < -0.39 is 15.7 Å². The molecular formula is C13H15FO4S. The van der Waals surface area contributed by atoms with Crippen LogP contribution in [0.5, 0.6) is 5.75 Å². The quantitative estimate of drug-likeness (QED) is 0.820. The van der Waals surface area contributed by atoms with E-state index in [1.54, 1.807) is 6.92 Å². The van der Waals surface area contributed by atoms with Gasteiger partial charge >= 0.3 is 0 Å². The van der Waals surface area contributed by atoms with Crippen molar-refractivity contribution in [2.24, 2.45) is 0 Å². The summed E-state index contributed by atoms with van der Waals surface area (Å²) in [6.07, 6.45) is 0. The van der Waals surface area contributed by atoms with E-state index in [1.165, 1.54) is 18.2 Å². The summed E-state index contributed by atoms with van der Waals surface area (Å²) in [5, 5.41) is 8.61. The van der Waals surface area contributed by atoms with E-state index in [0.717, 1.165) is 0 Å². The summed E-state index contributed by atoms with van der Waals surface area (Å²) in [5.41, 5.74) is 0.281. The van der Waals surface area contributed by atoms with Gasteiger partial charge in [0.2, 0.25) is 0 Å². The monoisotopic (exact) mass is 286 g/mol. The maximum absolute atomic E-state index is 13.1. The minimum atomic E-state index is -3.10. The maximum atomic E-state index is 13.1. The first-order valence-electron chi connectivity index (χ1n) is 5.71. The van der Waals surface area contributed by atoms with Crippen LogP contribution in [0.3, 0.4) is 0 Å². The lowest BCUT2D eigenvalue weighted by Gasteiger charge is -2.08. The molecule has 0 spiro atoms. The van der Waals surface area contributed by atoms with Gasteiger partial charge in [-0.15, -0.1) is 0 Å². The van der Waals surface area contributed by atoms with Crippen molar-refractivity contribution in [3.05, 3.63) is 29.6 Å². The van der Waals surface area contributed by atoms with Gasteiger partial charge in [0.1, 0.15) is 24.8 Å². The third-order valence-electron chi connectivity index (χ3n) is 2.34. The molecule has 0 aliphatic carbocycles. The van der Waals surface area contributed by atoms with Gasteiger partial charge < -0.3 is 9.84 Å². The molecule has 0 saturated heterocycles. The Bertz CT molecular complexity index is 584. The smallest absolute Gasteiger partial charge is 0.153 e. The van der Waals surface area contributed by atoms with Crippen LogP contribution >= 0.6 is 0 Å². The molecule has 0 aromatic heterocycles. The molecule has 0 bridgehead atoms. The molecule has 0 amide bonds. The highest BCUT2D eigenvalue weighted by atomic mass is 32.2. The van der Waals surface area contributed by atoms with Crippen LogP contribution in [-0.2, 0) is 9.84 Å². The van der Waals surface area contributed by atoms with E-state index in [2.05, 4.69) is 11.8 Å². The highest BCUT2D eigenvalue weighted by Gasteiger charge is 2.09. The van der Waals surface area contributed by atoms with Crippen LogP contribution in [0.4, 0.5) is 4.39 Å². The summed E-state index contributed by atoms with van der Waals surface area (Å²) in [6, 6.07) is 3.76. The summed E-state index contributed by atoms with van der Waals surface area (Å²) in [6.45, 7) is 1.20. The Labute approximate surface area is 112 Å². The zero-order valence-electron chi connectivity index (χ0n) is 10.5. The molecule has 1 N–H and O–H groups in total. The molecule has 0 radical (unpaired) electrons. The molecule has 0 unspecified atom stereocenters. The van der Waals surface area contributed by atoms with Crippen molar-refractivity contribution in [2.75, 3.05) is 24.7 Å². The molecular weight excluding hydrogens is 271 g/mol. The normalized spacial score (nSPS) is 10.7. The van der Waals surface area contributed by atoms with Crippen molar-refractivity contribution in [1.29, 1.82) is 0 Å². The Morgan fingerprint density at radius 2 is 2.16 bits per heavy atom. The standard InChI is InChI=1S/C13H15FO4S/c1-2-19(16,17)9-8-18-13-6-5-12(14)10-11(13)4-3-7-15/h5-6,10,15H,2,7-9H2,1H3. The number of benzene rings is 1. The van der Waals surface area contributed by atoms with Gasteiger partial charge in [-0.1, -0.05) is 18.8 Å². The molecule has 0 fully saturated rings. The molecule has 0 aliphatic rings. The zero-order valence-corrected chi connectivity index (χ0v) is 11.3. The molecule has 19 heavy (non-hydrogen) atoms. The van der Waals surface area contributed by atoms with Crippen LogP contribution < -0.4 is 4.74 Å². The Balaban J connectivity index is 2.78. The van der Waals surface area contributed by atoms with Crippen LogP contribution in [-0.4, -0.2) is 38.2 Å². The topological polar surface area (TPSA) is 63.6 Å². The van der Waals surface area contributed by atoms with Crippen molar-refractivity contribution < 1.29 is 22.7 Å². The fourth-order valence-electron chi connectivity index (χ4n) is 1.28. The second kappa shape index (κ2) is 7.12. The lowest BCUT2D eigenvalue weighted by atomic mass is 10.2. The van der Waals surface area contributed by atoms with Gasteiger partial charge in [0.05, 0.1) is 11.3 Å². The number of aliphatic hydroxyl groups excluding tert-OH is 1. The van der Waals surface area contributed by atoms with Crippen LogP contribution in [0.15, 0.2) is 18.2 Å². The summed E-state index contributed by atoms with van der Waals surface area (Å²) in [5.74, 6) is 4.71. The molecule has 104 valence electrons. The van der Waals surface area contributed by atoms with Crippen molar-refractivity contribution in [3.63, 3.8) is 0 Å². The van der Waals surface area contributed by atoms with Gasteiger partial charge in [-0.05, 0) is 18.2 Å². The number of ether oxygens (including phenoxy) is 1. The van der Waals surface area contributed by atoms with Crippen LogP contribution in [0.25, 0.3) is 0 Å². The molecule has 6 heteroatoms. The van der Waals surface area contributed by atoms with Gasteiger partial charge in [-0.25, -0.2) is 12.8 Å². The largest absolute Gasteiger partial charge is 0.491 e. The van der Waals surface area contributed by atoms with E-state index in [9.17, 15) is 12.8 Å². The fraction of sp³-hybridized carbons (Fsp3) is 0.385. The molecule has 1 aromatic rings. The van der Waals surface area contributed by atoms with E-state index >= 15 is 0 Å². The number of aliphatic hydroxyl groups is 1. The minimum absolute atomic E-state index is 0.0182. The minimum Gasteiger partial charge on any atom is -0.491 e. The number of sulfone groups is 1. The third-order valence-corrected chi connectivity index (χ3v) is 4.00. The highest BCUT2D eigenvalue weighted by molar-refractivity contribution is 7.91. The average molecular weight is 286 g/mol. The SMILES string of the molecule is CCS(=O)(=O)CCOc1ccc(F)cc1C#CCO. The molecule has 1 aromatic carbocycles. The van der Waals surface area contributed by atoms with Gasteiger partial charge in [0, 0.05) is 5.75 Å². The van der Waals surface area contributed by atoms with Gasteiger partial charge in [0.15, 0.2) is 9.84 Å². The van der Waals surface area contributed by atoms with Gasteiger partial charge in [-0.2, -0.15) is 0 Å². The summed E-state index contributed by atoms with van der Waals surface area (Å²) in [4.78, 5) is 0. The first-order valence-corrected chi connectivity index (χ1v) is 7.53. The van der Waals surface area contributed by atoms with E-state index in [1.807, 2.05) is 0 Å². The van der Waals surface area contributed by atoms with Crippen LogP contribution in [0.2, 0.25) is 0 Å². The predicted octanol–water partition coefficient (Wildman–Crippen LogP) is 0.983.